The lowest BCUT2D eigenvalue weighted by Crippen LogP contribution is -2.21. The van der Waals surface area contributed by atoms with E-state index in [2.05, 4.69) is 4.98 Å². The molecule has 1 aliphatic heterocycles. The van der Waals surface area contributed by atoms with Crippen LogP contribution in [0.25, 0.3) is 0 Å². The van der Waals surface area contributed by atoms with Crippen molar-refractivity contribution >= 4 is 0 Å². The number of rotatable bonds is 3. The first kappa shape index (κ1) is 9.68. The summed E-state index contributed by atoms with van der Waals surface area (Å²) in [7, 11) is 0. The highest BCUT2D eigenvalue weighted by molar-refractivity contribution is 4.96. The van der Waals surface area contributed by atoms with Crippen LogP contribution in [0.2, 0.25) is 0 Å². The minimum absolute atomic E-state index is 0.285. The van der Waals surface area contributed by atoms with Gasteiger partial charge in [-0.25, -0.2) is 4.98 Å². The van der Waals surface area contributed by atoms with E-state index in [1.54, 1.807) is 6.26 Å². The quantitative estimate of drug-likeness (QED) is 0.790. The number of oxazole rings is 1. The lowest BCUT2D eigenvalue weighted by Gasteiger charge is -2.20. The lowest BCUT2D eigenvalue weighted by molar-refractivity contribution is 0.0132. The summed E-state index contributed by atoms with van der Waals surface area (Å²) in [6.07, 6.45) is 6.22. The first-order chi connectivity index (χ1) is 6.88. The van der Waals surface area contributed by atoms with Crippen molar-refractivity contribution in [3.8, 4) is 0 Å². The summed E-state index contributed by atoms with van der Waals surface area (Å²) in [6.45, 7) is 1.31. The molecular weight excluding hydrogens is 180 g/mol. The van der Waals surface area contributed by atoms with Crippen molar-refractivity contribution in [2.75, 3.05) is 6.61 Å². The van der Waals surface area contributed by atoms with Crippen molar-refractivity contribution in [3.63, 3.8) is 0 Å². The highest BCUT2D eigenvalue weighted by Gasteiger charge is 2.16. The van der Waals surface area contributed by atoms with E-state index in [1.807, 2.05) is 0 Å². The third-order valence-electron chi connectivity index (χ3n) is 2.48. The minimum atomic E-state index is 0.285. The minimum Gasteiger partial charge on any atom is -0.449 e. The van der Waals surface area contributed by atoms with Crippen molar-refractivity contribution in [2.45, 2.75) is 38.3 Å². The monoisotopic (exact) mass is 196 g/mol. The van der Waals surface area contributed by atoms with Gasteiger partial charge in [-0.1, -0.05) is 0 Å². The average molecular weight is 196 g/mol. The smallest absolute Gasteiger partial charge is 0.196 e. The maximum absolute atomic E-state index is 5.59. The van der Waals surface area contributed by atoms with Gasteiger partial charge >= 0.3 is 0 Å². The van der Waals surface area contributed by atoms with Crippen LogP contribution in [0.5, 0.6) is 0 Å². The van der Waals surface area contributed by atoms with Gasteiger partial charge in [0, 0.05) is 13.2 Å². The zero-order chi connectivity index (χ0) is 9.80. The molecule has 0 amide bonds. The zero-order valence-electron chi connectivity index (χ0n) is 8.24. The Morgan fingerprint density at radius 2 is 2.43 bits per heavy atom. The van der Waals surface area contributed by atoms with E-state index in [9.17, 15) is 0 Å². The Hall–Kier alpha value is -0.870. The molecule has 0 spiro atoms. The number of hydrogen-bond donors (Lipinski definition) is 1. The van der Waals surface area contributed by atoms with Crippen LogP contribution in [0.3, 0.4) is 0 Å². The largest absolute Gasteiger partial charge is 0.449 e. The van der Waals surface area contributed by atoms with E-state index in [0.29, 0.717) is 6.54 Å². The molecule has 2 N–H and O–H groups in total. The van der Waals surface area contributed by atoms with Crippen molar-refractivity contribution < 1.29 is 9.15 Å². The van der Waals surface area contributed by atoms with Crippen LogP contribution in [0, 0.1) is 0 Å². The second kappa shape index (κ2) is 4.57. The molecule has 2 rings (SSSR count). The Kier molecular flexibility index (Phi) is 3.16. The Labute approximate surface area is 83.4 Å². The van der Waals surface area contributed by atoms with E-state index in [-0.39, 0.29) is 6.10 Å². The molecule has 1 aliphatic rings. The molecule has 1 atom stereocenters. The number of aromatic nitrogens is 1. The molecule has 0 aromatic carbocycles. The molecular formula is C10H16N2O2. The van der Waals surface area contributed by atoms with Gasteiger partial charge in [-0.2, -0.15) is 0 Å². The fourth-order valence-corrected chi connectivity index (χ4v) is 1.70. The van der Waals surface area contributed by atoms with Gasteiger partial charge in [0.2, 0.25) is 0 Å². The van der Waals surface area contributed by atoms with Crippen LogP contribution in [0.4, 0.5) is 0 Å². The van der Waals surface area contributed by atoms with Gasteiger partial charge in [0.25, 0.3) is 0 Å². The van der Waals surface area contributed by atoms with Crippen LogP contribution < -0.4 is 5.73 Å². The van der Waals surface area contributed by atoms with E-state index in [0.717, 1.165) is 31.0 Å². The standard InChI is InChI=1S/C10H16N2O2/c11-6-8-7-14-10(12-8)5-9-3-1-2-4-13-9/h7,9H,1-6,11H2. The van der Waals surface area contributed by atoms with Crippen LogP contribution in [-0.4, -0.2) is 17.7 Å². The predicted molar refractivity (Wildman–Crippen MR) is 51.7 cm³/mol. The molecule has 14 heavy (non-hydrogen) atoms. The maximum atomic E-state index is 5.59. The maximum Gasteiger partial charge on any atom is 0.196 e. The molecule has 1 aromatic heterocycles. The molecule has 1 unspecified atom stereocenters. The van der Waals surface area contributed by atoms with Gasteiger partial charge in [-0.3, -0.25) is 0 Å². The summed E-state index contributed by atoms with van der Waals surface area (Å²) in [6, 6.07) is 0. The number of nitrogens with two attached hydrogens (primary N) is 1. The van der Waals surface area contributed by atoms with Gasteiger partial charge in [0.1, 0.15) is 6.26 Å². The summed E-state index contributed by atoms with van der Waals surface area (Å²) < 4.78 is 10.9. The van der Waals surface area contributed by atoms with E-state index >= 15 is 0 Å². The van der Waals surface area contributed by atoms with Crippen molar-refractivity contribution in [2.24, 2.45) is 5.73 Å². The first-order valence-electron chi connectivity index (χ1n) is 5.13. The third-order valence-corrected chi connectivity index (χ3v) is 2.48. The SMILES string of the molecule is NCc1coc(CC2CCCCO2)n1. The Balaban J connectivity index is 1.89. The zero-order valence-corrected chi connectivity index (χ0v) is 8.24. The molecule has 1 aromatic rings. The van der Waals surface area contributed by atoms with Gasteiger partial charge in [0.05, 0.1) is 18.2 Å². The van der Waals surface area contributed by atoms with E-state index in [4.69, 9.17) is 14.9 Å². The van der Waals surface area contributed by atoms with Crippen LogP contribution >= 0.6 is 0 Å². The average Bonchev–Trinajstić information content (AvgIpc) is 2.67. The van der Waals surface area contributed by atoms with Crippen LogP contribution in [0.15, 0.2) is 10.7 Å². The molecule has 4 nitrogen and oxygen atoms in total. The Morgan fingerprint density at radius 3 is 3.07 bits per heavy atom. The van der Waals surface area contributed by atoms with Crippen molar-refractivity contribution in [1.82, 2.24) is 4.98 Å². The van der Waals surface area contributed by atoms with Crippen LogP contribution in [-0.2, 0) is 17.7 Å². The van der Waals surface area contributed by atoms with Gasteiger partial charge in [-0.15, -0.1) is 0 Å². The molecule has 0 saturated carbocycles. The van der Waals surface area contributed by atoms with Gasteiger partial charge in [0.15, 0.2) is 5.89 Å². The van der Waals surface area contributed by atoms with Crippen LogP contribution in [0.1, 0.15) is 30.8 Å². The molecule has 2 heterocycles. The highest BCUT2D eigenvalue weighted by Crippen LogP contribution is 2.16. The van der Waals surface area contributed by atoms with Gasteiger partial charge in [-0.05, 0) is 19.3 Å². The fraction of sp³-hybridized carbons (Fsp3) is 0.700. The van der Waals surface area contributed by atoms with E-state index in [1.165, 1.54) is 12.8 Å². The topological polar surface area (TPSA) is 61.3 Å². The summed E-state index contributed by atoms with van der Waals surface area (Å²) in [5.41, 5.74) is 6.26. The summed E-state index contributed by atoms with van der Waals surface area (Å²) in [5, 5.41) is 0. The molecule has 0 radical (unpaired) electrons. The molecule has 0 bridgehead atoms. The van der Waals surface area contributed by atoms with Crippen molar-refractivity contribution in [1.29, 1.82) is 0 Å². The second-order valence-corrected chi connectivity index (χ2v) is 3.63. The Morgan fingerprint density at radius 1 is 1.50 bits per heavy atom. The molecule has 78 valence electrons. The predicted octanol–water partition coefficient (Wildman–Crippen LogP) is 1.24. The first-order valence-corrected chi connectivity index (χ1v) is 5.13. The summed E-state index contributed by atoms with van der Waals surface area (Å²) in [4.78, 5) is 4.25. The molecule has 1 fully saturated rings. The Bertz CT molecular complexity index is 279. The lowest BCUT2D eigenvalue weighted by atomic mass is 10.1. The van der Waals surface area contributed by atoms with Crippen molar-refractivity contribution in [3.05, 3.63) is 17.8 Å². The van der Waals surface area contributed by atoms with Gasteiger partial charge < -0.3 is 14.9 Å². The third kappa shape index (κ3) is 2.33. The number of nitrogens with zero attached hydrogens (tertiary/aromatic N) is 1. The summed E-state index contributed by atoms with van der Waals surface area (Å²) in [5.74, 6) is 0.748. The molecule has 4 heteroatoms. The fourth-order valence-electron chi connectivity index (χ4n) is 1.70. The number of hydrogen-bond acceptors (Lipinski definition) is 4. The second-order valence-electron chi connectivity index (χ2n) is 3.63. The van der Waals surface area contributed by atoms with E-state index < -0.39 is 0 Å². The molecule has 0 aliphatic carbocycles. The normalized spacial score (nSPS) is 22.5. The summed E-state index contributed by atoms with van der Waals surface area (Å²) >= 11 is 0. The number of ether oxygens (including phenoxy) is 1. The highest BCUT2D eigenvalue weighted by atomic mass is 16.5. The molecule has 1 saturated heterocycles.